The Morgan fingerprint density at radius 3 is 2.50 bits per heavy atom. The van der Waals surface area contributed by atoms with Crippen molar-refractivity contribution in [1.82, 2.24) is 4.98 Å². The molecule has 10 heteroatoms. The molecule has 0 saturated carbocycles. The third-order valence-corrected chi connectivity index (χ3v) is 6.24. The van der Waals surface area contributed by atoms with Crippen molar-refractivity contribution in [3.8, 4) is 5.75 Å². The Morgan fingerprint density at radius 1 is 1.03 bits per heavy atom. The van der Waals surface area contributed by atoms with E-state index in [-0.39, 0.29) is 17.1 Å². The average molecular weight is 525 g/mol. The van der Waals surface area contributed by atoms with Gasteiger partial charge in [-0.2, -0.15) is 0 Å². The predicted molar refractivity (Wildman–Crippen MR) is 145 cm³/mol. The van der Waals surface area contributed by atoms with Crippen molar-refractivity contribution in [2.75, 3.05) is 5.32 Å². The van der Waals surface area contributed by atoms with Gasteiger partial charge in [0.05, 0.1) is 22.0 Å². The largest absolute Gasteiger partial charge is 0.417 e. The number of allylic oxidation sites excluding steroid dienone is 1. The first-order chi connectivity index (χ1) is 18.4. The molecule has 0 radical (unpaired) electrons. The molecule has 0 saturated heterocycles. The Kier molecular flexibility index (Phi) is 8.37. The third-order valence-electron chi connectivity index (χ3n) is 5.16. The summed E-state index contributed by atoms with van der Waals surface area (Å²) in [4.78, 5) is 40.1. The maximum absolute atomic E-state index is 12.7. The number of hydrogen-bond acceptors (Lipinski definition) is 8. The minimum absolute atomic E-state index is 0.116. The normalized spacial score (nSPS) is 10.6. The number of nitro groups is 1. The lowest BCUT2D eigenvalue weighted by Gasteiger charge is -2.13. The lowest BCUT2D eigenvalue weighted by molar-refractivity contribution is -0.384. The van der Waals surface area contributed by atoms with E-state index in [2.05, 4.69) is 10.3 Å². The van der Waals surface area contributed by atoms with E-state index in [0.717, 1.165) is 16.1 Å². The Labute approximate surface area is 221 Å². The van der Waals surface area contributed by atoms with E-state index >= 15 is 0 Å². The molecule has 0 fully saturated rings. The number of nitro benzene ring substituents is 1. The van der Waals surface area contributed by atoms with Crippen LogP contribution in [0.15, 0.2) is 107 Å². The van der Waals surface area contributed by atoms with E-state index in [0.29, 0.717) is 22.5 Å². The van der Waals surface area contributed by atoms with Crippen molar-refractivity contribution in [3.05, 3.63) is 124 Å². The first-order valence-electron chi connectivity index (χ1n) is 11.2. The van der Waals surface area contributed by atoms with E-state index in [4.69, 9.17) is 10.1 Å². The van der Waals surface area contributed by atoms with E-state index < -0.39 is 11.0 Å². The van der Waals surface area contributed by atoms with Crippen molar-refractivity contribution < 1.29 is 19.2 Å². The molecule has 188 valence electrons. The van der Waals surface area contributed by atoms with Crippen LogP contribution in [0.2, 0.25) is 0 Å². The molecule has 0 spiro atoms. The number of aromatic nitrogens is 1. The van der Waals surface area contributed by atoms with Crippen LogP contribution in [0.1, 0.15) is 21.6 Å². The summed E-state index contributed by atoms with van der Waals surface area (Å²) in [5.74, 6) is 0.116. The number of hydrogen-bond donors (Lipinski definition) is 2. The van der Waals surface area contributed by atoms with Crippen LogP contribution in [0.5, 0.6) is 5.75 Å². The van der Waals surface area contributed by atoms with E-state index in [1.165, 1.54) is 36.0 Å². The topological polar surface area (TPSA) is 135 Å². The molecule has 4 rings (SSSR count). The lowest BCUT2D eigenvalue weighted by atomic mass is 10.1. The van der Waals surface area contributed by atoms with Crippen molar-refractivity contribution in [2.45, 2.75) is 9.79 Å². The van der Waals surface area contributed by atoms with Gasteiger partial charge in [0.1, 0.15) is 5.75 Å². The molecule has 1 aromatic heterocycles. The van der Waals surface area contributed by atoms with Crippen molar-refractivity contribution in [1.29, 1.82) is 5.41 Å². The number of ether oxygens (including phenoxy) is 1. The van der Waals surface area contributed by atoms with Gasteiger partial charge in [0.25, 0.3) is 5.69 Å². The molecular weight excluding hydrogens is 504 g/mol. The summed E-state index contributed by atoms with van der Waals surface area (Å²) in [7, 11) is 0. The Balaban J connectivity index is 1.60. The van der Waals surface area contributed by atoms with Crippen LogP contribution in [0.25, 0.3) is 6.08 Å². The summed E-state index contributed by atoms with van der Waals surface area (Å²) < 4.78 is 5.29. The zero-order chi connectivity index (χ0) is 26.9. The second-order valence-corrected chi connectivity index (χ2v) is 8.85. The first-order valence-corrected chi connectivity index (χ1v) is 12.0. The van der Waals surface area contributed by atoms with Gasteiger partial charge in [0.2, 0.25) is 0 Å². The maximum atomic E-state index is 12.7. The van der Waals surface area contributed by atoms with Crippen LogP contribution in [0.3, 0.4) is 0 Å². The highest BCUT2D eigenvalue weighted by atomic mass is 32.2. The molecule has 4 aromatic rings. The van der Waals surface area contributed by atoms with Crippen LogP contribution in [0.4, 0.5) is 16.2 Å². The second-order valence-electron chi connectivity index (χ2n) is 7.73. The van der Waals surface area contributed by atoms with Gasteiger partial charge in [-0.3, -0.25) is 25.2 Å². The highest BCUT2D eigenvalue weighted by Gasteiger charge is 2.14. The number of non-ortho nitro benzene ring substituents is 1. The first kappa shape index (κ1) is 26.0. The second kappa shape index (κ2) is 12.2. The highest BCUT2D eigenvalue weighted by Crippen LogP contribution is 2.33. The molecule has 2 N–H and O–H groups in total. The summed E-state index contributed by atoms with van der Waals surface area (Å²) in [6.07, 6.45) is 4.84. The molecule has 1 heterocycles. The molecular formula is C28H20N4O5S. The van der Waals surface area contributed by atoms with Gasteiger partial charge in [-0.05, 0) is 60.7 Å². The zero-order valence-electron chi connectivity index (χ0n) is 19.7. The molecule has 1 amide bonds. The van der Waals surface area contributed by atoms with Crippen LogP contribution in [-0.2, 0) is 0 Å². The van der Waals surface area contributed by atoms with Gasteiger partial charge < -0.3 is 10.1 Å². The number of nitrogens with zero attached hydrogens (tertiary/aromatic N) is 2. The Morgan fingerprint density at radius 2 is 1.79 bits per heavy atom. The number of anilines is 1. The predicted octanol–water partition coefficient (Wildman–Crippen LogP) is 6.65. The number of benzene rings is 3. The monoisotopic (exact) mass is 524 g/mol. The summed E-state index contributed by atoms with van der Waals surface area (Å²) in [6.45, 7) is 0. The molecule has 9 nitrogen and oxygen atoms in total. The smallest absolute Gasteiger partial charge is 0.410 e. The summed E-state index contributed by atoms with van der Waals surface area (Å²) in [5.41, 5.74) is 1.91. The van der Waals surface area contributed by atoms with Crippen LogP contribution >= 0.6 is 11.8 Å². The summed E-state index contributed by atoms with van der Waals surface area (Å²) in [5, 5.41) is 22.1. The molecule has 0 aliphatic carbocycles. The van der Waals surface area contributed by atoms with Gasteiger partial charge in [0, 0.05) is 39.2 Å². The van der Waals surface area contributed by atoms with Crippen molar-refractivity contribution in [3.63, 3.8) is 0 Å². The number of carbonyl (C=O) groups is 2. The van der Waals surface area contributed by atoms with E-state index in [9.17, 15) is 19.7 Å². The summed E-state index contributed by atoms with van der Waals surface area (Å²) >= 11 is 1.33. The van der Waals surface area contributed by atoms with Crippen molar-refractivity contribution >= 4 is 47.3 Å². The Bertz CT molecular complexity index is 1520. The Hall–Kier alpha value is -5.09. The molecule has 0 atom stereocenters. The van der Waals surface area contributed by atoms with Crippen LogP contribution < -0.4 is 10.1 Å². The number of aldehydes is 1. The van der Waals surface area contributed by atoms with Crippen molar-refractivity contribution in [2.24, 2.45) is 0 Å². The number of carbonyl (C=O) groups excluding carboxylic acids is 2. The van der Waals surface area contributed by atoms with E-state index in [1.807, 2.05) is 18.2 Å². The fourth-order valence-electron chi connectivity index (χ4n) is 3.33. The minimum atomic E-state index is -0.836. The van der Waals surface area contributed by atoms with Gasteiger partial charge in [-0.1, -0.05) is 36.0 Å². The number of nitrogens with one attached hydrogen (secondary N) is 2. The quantitative estimate of drug-likeness (QED) is 0.108. The van der Waals surface area contributed by atoms with Gasteiger partial charge in [0.15, 0.2) is 6.29 Å². The van der Waals surface area contributed by atoms with Crippen LogP contribution in [-0.4, -0.2) is 28.0 Å². The molecule has 0 aliphatic rings. The fourth-order valence-corrected chi connectivity index (χ4v) is 4.28. The number of amides is 1. The van der Waals surface area contributed by atoms with Gasteiger partial charge >= 0.3 is 6.09 Å². The SMILES string of the molecule is N=C(/C=C/c1ccccn1)c1ccc(Sc2ccccc2C=O)cc1NC(=O)Oc1ccc([N+](=O)[O-])cc1. The lowest BCUT2D eigenvalue weighted by Crippen LogP contribution is -2.18. The molecule has 0 unspecified atom stereocenters. The van der Waals surface area contributed by atoms with Gasteiger partial charge in [-0.15, -0.1) is 0 Å². The summed E-state index contributed by atoms with van der Waals surface area (Å²) in [6, 6.07) is 22.8. The molecule has 38 heavy (non-hydrogen) atoms. The highest BCUT2D eigenvalue weighted by molar-refractivity contribution is 7.99. The average Bonchev–Trinajstić information content (AvgIpc) is 2.93. The minimum Gasteiger partial charge on any atom is -0.410 e. The van der Waals surface area contributed by atoms with E-state index in [1.54, 1.807) is 60.8 Å². The number of pyridine rings is 1. The fraction of sp³-hybridized carbons (Fsp3) is 0. The molecule has 0 aliphatic heterocycles. The third kappa shape index (κ3) is 6.77. The van der Waals surface area contributed by atoms with Gasteiger partial charge in [-0.25, -0.2) is 4.79 Å². The number of rotatable bonds is 9. The van der Waals surface area contributed by atoms with Crippen LogP contribution in [0, 0.1) is 15.5 Å². The molecule has 3 aromatic carbocycles. The zero-order valence-corrected chi connectivity index (χ0v) is 20.6. The molecule has 0 bridgehead atoms. The maximum Gasteiger partial charge on any atom is 0.417 e. The standard InChI is InChI=1S/C28H20N4O5S/c29-25(15-8-20-6-3-4-16-30-20)24-14-13-23(38-27-7-2-1-5-19(27)18-33)17-26(24)31-28(34)37-22-11-9-21(10-12-22)32(35)36/h1-18,29H,(H,31,34)/b15-8+,29-25?.